The normalized spacial score (nSPS) is 8.40. The molecule has 56 valence electrons. The van der Waals surface area contributed by atoms with E-state index < -0.39 is 0 Å². The van der Waals surface area contributed by atoms with Gasteiger partial charge >= 0.3 is 0 Å². The third-order valence-electron chi connectivity index (χ3n) is 0.825. The topological polar surface area (TPSA) is 29.1 Å². The van der Waals surface area contributed by atoms with Crippen LogP contribution in [0.4, 0.5) is 0 Å². The zero-order valence-corrected chi connectivity index (χ0v) is 6.83. The Bertz CT molecular complexity index is 139. The first-order chi connectivity index (χ1) is 4.81. The predicted octanol–water partition coefficient (Wildman–Crippen LogP) is 0.489. The zero-order valence-electron chi connectivity index (χ0n) is 6.02. The Morgan fingerprint density at radius 2 is 2.50 bits per heavy atom. The molecule has 0 radical (unpaired) electrons. The Hall–Kier alpha value is -0.620. The van der Waals surface area contributed by atoms with Gasteiger partial charge in [-0.1, -0.05) is 12.8 Å². The van der Waals surface area contributed by atoms with Gasteiger partial charge in [-0.2, -0.15) is 11.8 Å². The highest BCUT2D eigenvalue weighted by Gasteiger charge is 1.96. The molecule has 0 unspecified atom stereocenters. The molecule has 1 amide bonds. The van der Waals surface area contributed by atoms with Gasteiger partial charge in [-0.3, -0.25) is 4.79 Å². The van der Waals surface area contributed by atoms with Crippen LogP contribution in [0, 0.1) is 12.3 Å². The fourth-order valence-corrected chi connectivity index (χ4v) is 0.887. The summed E-state index contributed by atoms with van der Waals surface area (Å²) in [5.41, 5.74) is 0. The summed E-state index contributed by atoms with van der Waals surface area (Å²) in [4.78, 5) is 10.7. The quantitative estimate of drug-likeness (QED) is 0.602. The lowest BCUT2D eigenvalue weighted by Gasteiger charge is -1.97. The van der Waals surface area contributed by atoms with Crippen LogP contribution in [-0.4, -0.2) is 24.0 Å². The molecule has 0 aliphatic carbocycles. The average Bonchev–Trinajstić information content (AvgIpc) is 1.97. The fraction of sp³-hybridized carbons (Fsp3) is 0.571. The van der Waals surface area contributed by atoms with Crippen molar-refractivity contribution in [3.8, 4) is 12.3 Å². The minimum atomic E-state index is 0.0183. The predicted molar refractivity (Wildman–Crippen MR) is 44.8 cm³/mol. The highest BCUT2D eigenvalue weighted by molar-refractivity contribution is 7.99. The molecule has 0 bridgehead atoms. The van der Waals surface area contributed by atoms with Crippen LogP contribution in [-0.2, 0) is 4.79 Å². The van der Waals surface area contributed by atoms with Crippen molar-refractivity contribution in [2.45, 2.75) is 6.92 Å². The van der Waals surface area contributed by atoms with Gasteiger partial charge in [0.25, 0.3) is 0 Å². The van der Waals surface area contributed by atoms with Gasteiger partial charge in [-0.15, -0.1) is 6.42 Å². The molecule has 0 rings (SSSR count). The van der Waals surface area contributed by atoms with Gasteiger partial charge in [-0.25, -0.2) is 0 Å². The van der Waals surface area contributed by atoms with Crippen molar-refractivity contribution in [1.29, 1.82) is 0 Å². The monoisotopic (exact) mass is 157 g/mol. The van der Waals surface area contributed by atoms with Gasteiger partial charge in [0.1, 0.15) is 0 Å². The summed E-state index contributed by atoms with van der Waals surface area (Å²) in [6, 6.07) is 0. The summed E-state index contributed by atoms with van der Waals surface area (Å²) in [5, 5.41) is 2.57. The number of hydrogen-bond acceptors (Lipinski definition) is 2. The van der Waals surface area contributed by atoms with Crippen LogP contribution in [0.1, 0.15) is 6.92 Å². The fourth-order valence-electron chi connectivity index (χ4n) is 0.395. The molecule has 0 fully saturated rings. The first kappa shape index (κ1) is 9.38. The molecule has 0 aromatic rings. The summed E-state index contributed by atoms with van der Waals surface area (Å²) in [5.74, 6) is 3.83. The average molecular weight is 157 g/mol. The van der Waals surface area contributed by atoms with Gasteiger partial charge in [0.2, 0.25) is 5.91 Å². The molecule has 0 aromatic heterocycles. The Morgan fingerprint density at radius 1 is 1.80 bits per heavy atom. The molecule has 0 aromatic carbocycles. The van der Waals surface area contributed by atoms with Gasteiger partial charge in [0.15, 0.2) is 0 Å². The van der Waals surface area contributed by atoms with E-state index in [0.717, 1.165) is 5.75 Å². The van der Waals surface area contributed by atoms with Crippen LogP contribution < -0.4 is 5.32 Å². The third-order valence-corrected chi connectivity index (χ3v) is 1.70. The first-order valence-electron chi connectivity index (χ1n) is 3.09. The minimum absolute atomic E-state index is 0.0183. The Balaban J connectivity index is 3.19. The van der Waals surface area contributed by atoms with Crippen molar-refractivity contribution < 1.29 is 4.79 Å². The number of amides is 1. The van der Waals surface area contributed by atoms with Crippen molar-refractivity contribution in [3.05, 3.63) is 0 Å². The van der Waals surface area contributed by atoms with E-state index in [9.17, 15) is 4.79 Å². The van der Waals surface area contributed by atoms with Crippen LogP contribution >= 0.6 is 11.8 Å². The van der Waals surface area contributed by atoms with Gasteiger partial charge in [-0.05, 0) is 5.75 Å². The summed E-state index contributed by atoms with van der Waals surface area (Å²) >= 11 is 1.59. The number of rotatable bonds is 4. The molecule has 1 N–H and O–H groups in total. The molecule has 0 spiro atoms. The van der Waals surface area contributed by atoms with Crippen LogP contribution in [0.5, 0.6) is 0 Å². The van der Waals surface area contributed by atoms with Gasteiger partial charge < -0.3 is 5.32 Å². The van der Waals surface area contributed by atoms with Gasteiger partial charge in [0.05, 0.1) is 12.3 Å². The molecule has 0 heterocycles. The van der Waals surface area contributed by atoms with Crippen molar-refractivity contribution in [2.75, 3.05) is 18.1 Å². The van der Waals surface area contributed by atoms with E-state index in [1.54, 1.807) is 11.8 Å². The number of carbonyl (C=O) groups is 1. The van der Waals surface area contributed by atoms with E-state index in [4.69, 9.17) is 6.42 Å². The second-order valence-corrected chi connectivity index (χ2v) is 2.89. The number of carbonyl (C=O) groups excluding carboxylic acids is 1. The van der Waals surface area contributed by atoms with E-state index >= 15 is 0 Å². The van der Waals surface area contributed by atoms with Crippen molar-refractivity contribution in [3.63, 3.8) is 0 Å². The highest BCUT2D eigenvalue weighted by Crippen LogP contribution is 1.95. The summed E-state index contributed by atoms with van der Waals surface area (Å²) in [6.07, 6.45) is 4.93. The number of nitrogens with one attached hydrogen (secondary N) is 1. The first-order valence-corrected chi connectivity index (χ1v) is 4.24. The lowest BCUT2D eigenvalue weighted by molar-refractivity contribution is -0.118. The standard InChI is InChI=1S/C7H11NOS/c1-3-5-8-7(9)6-10-4-2/h1H,4-6H2,2H3,(H,8,9). The van der Waals surface area contributed by atoms with E-state index in [-0.39, 0.29) is 5.91 Å². The molecule has 10 heavy (non-hydrogen) atoms. The van der Waals surface area contributed by atoms with Crippen molar-refractivity contribution >= 4 is 17.7 Å². The Kier molecular flexibility index (Phi) is 6.10. The molecule has 3 heteroatoms. The molecule has 0 aliphatic heterocycles. The smallest absolute Gasteiger partial charge is 0.230 e. The second kappa shape index (κ2) is 6.50. The lowest BCUT2D eigenvalue weighted by atomic mass is 10.6. The van der Waals surface area contributed by atoms with Crippen molar-refractivity contribution in [2.24, 2.45) is 0 Å². The minimum Gasteiger partial charge on any atom is -0.344 e. The molecule has 0 saturated carbocycles. The third kappa shape index (κ3) is 5.52. The summed E-state index contributed by atoms with van der Waals surface area (Å²) in [6.45, 7) is 2.35. The van der Waals surface area contributed by atoms with Crippen molar-refractivity contribution in [1.82, 2.24) is 5.32 Å². The highest BCUT2D eigenvalue weighted by atomic mass is 32.2. The van der Waals surface area contributed by atoms with Crippen LogP contribution in [0.25, 0.3) is 0 Å². The molecule has 2 nitrogen and oxygen atoms in total. The Labute approximate surface area is 65.8 Å². The van der Waals surface area contributed by atoms with Crippen LogP contribution in [0.2, 0.25) is 0 Å². The van der Waals surface area contributed by atoms with E-state index in [2.05, 4.69) is 11.2 Å². The number of thioether (sulfide) groups is 1. The molecule has 0 atom stereocenters. The maximum Gasteiger partial charge on any atom is 0.230 e. The lowest BCUT2D eigenvalue weighted by Crippen LogP contribution is -2.25. The van der Waals surface area contributed by atoms with E-state index in [0.29, 0.717) is 12.3 Å². The zero-order chi connectivity index (χ0) is 7.82. The Morgan fingerprint density at radius 3 is 3.00 bits per heavy atom. The number of hydrogen-bond donors (Lipinski definition) is 1. The maximum atomic E-state index is 10.7. The summed E-state index contributed by atoms with van der Waals surface area (Å²) < 4.78 is 0. The van der Waals surface area contributed by atoms with Crippen LogP contribution in [0.15, 0.2) is 0 Å². The van der Waals surface area contributed by atoms with E-state index in [1.807, 2.05) is 6.92 Å². The largest absolute Gasteiger partial charge is 0.344 e. The molecule has 0 saturated heterocycles. The van der Waals surface area contributed by atoms with E-state index in [1.165, 1.54) is 0 Å². The summed E-state index contributed by atoms with van der Waals surface area (Å²) in [7, 11) is 0. The number of terminal acetylenes is 1. The van der Waals surface area contributed by atoms with Crippen LogP contribution in [0.3, 0.4) is 0 Å². The van der Waals surface area contributed by atoms with Gasteiger partial charge in [0, 0.05) is 0 Å². The molecular formula is C7H11NOS. The molecular weight excluding hydrogens is 146 g/mol. The maximum absolute atomic E-state index is 10.7. The SMILES string of the molecule is C#CCNC(=O)CSCC. The molecule has 0 aliphatic rings. The second-order valence-electron chi connectivity index (χ2n) is 1.62.